The third kappa shape index (κ3) is 25.6. The molecule has 1 aromatic rings. The maximum atomic E-state index is 14.0. The van der Waals surface area contributed by atoms with Crippen LogP contribution in [0.2, 0.25) is 0 Å². The Kier molecular flexibility index (Phi) is 29.7. The van der Waals surface area contributed by atoms with Gasteiger partial charge in [0.05, 0.1) is 18.6 Å². The molecule has 8 amide bonds. The van der Waals surface area contributed by atoms with Crippen molar-refractivity contribution in [3.8, 4) is 0 Å². The maximum Gasteiger partial charge on any atom is 0.254 e. The third-order valence-electron chi connectivity index (χ3n) is 14.9. The van der Waals surface area contributed by atoms with Gasteiger partial charge in [-0.05, 0) is 146 Å². The van der Waals surface area contributed by atoms with Crippen LogP contribution in [0, 0.1) is 35.4 Å². The highest BCUT2D eigenvalue weighted by Crippen LogP contribution is 2.33. The molecule has 19 nitrogen and oxygen atoms in total. The molecule has 0 bridgehead atoms. The van der Waals surface area contributed by atoms with Crippen LogP contribution >= 0.6 is 0 Å². The predicted octanol–water partition coefficient (Wildman–Crippen LogP) is 6.23. The SMILES string of the molecule is CC(C)C.CC(C)C.CC(C)C[C@H](NC(=O)CNC(=C1CCC1)C(C)(C)NC(=O)CNC(=O)[C@H](CCC1CCCCC1)NC(=O)[C@@H]1CC(C)CN1C(=O)c1ccc(F)cc1)C(=O)NC(C)(C)C(=O)NC(C)(C)C(=O)NCCN1CCNCC1. The largest absolute Gasteiger partial charge is 0.378 e. The van der Waals surface area contributed by atoms with E-state index in [-0.39, 0.29) is 42.8 Å². The minimum Gasteiger partial charge on any atom is -0.378 e. The van der Waals surface area contributed by atoms with Crippen molar-refractivity contribution in [2.24, 2.45) is 29.6 Å². The van der Waals surface area contributed by atoms with Crippen molar-refractivity contribution in [1.82, 2.24) is 57.7 Å². The van der Waals surface area contributed by atoms with Gasteiger partial charge in [-0.1, -0.05) is 94.4 Å². The Bertz CT molecular complexity index is 2290. The lowest BCUT2D eigenvalue weighted by Crippen LogP contribution is -2.64. The minimum absolute atomic E-state index is 0.00769. The number of hydrogen-bond acceptors (Lipinski definition) is 11. The van der Waals surface area contributed by atoms with E-state index >= 15 is 0 Å². The second-order valence-corrected chi connectivity index (χ2v) is 26.8. The predicted molar refractivity (Wildman–Crippen MR) is 326 cm³/mol. The van der Waals surface area contributed by atoms with Gasteiger partial charge in [-0.2, -0.15) is 0 Å². The van der Waals surface area contributed by atoms with Crippen molar-refractivity contribution in [2.45, 2.75) is 216 Å². The van der Waals surface area contributed by atoms with Gasteiger partial charge < -0.3 is 52.8 Å². The Hall–Kier alpha value is -5.63. The molecule has 2 saturated heterocycles. The van der Waals surface area contributed by atoms with E-state index in [4.69, 9.17) is 0 Å². The fourth-order valence-electron chi connectivity index (χ4n) is 10.4. The van der Waals surface area contributed by atoms with Gasteiger partial charge in [-0.15, -0.1) is 0 Å². The molecule has 0 radical (unpaired) electrons. The lowest BCUT2D eigenvalue weighted by atomic mass is 9.84. The number of carbonyl (C=O) groups is 8. The number of nitrogens with zero attached hydrogens (tertiary/aromatic N) is 2. The molecule has 9 N–H and O–H groups in total. The van der Waals surface area contributed by atoms with Crippen LogP contribution in [0.5, 0.6) is 0 Å². The molecular formula is C63H108FN11O8. The Morgan fingerprint density at radius 2 is 1.24 bits per heavy atom. The Balaban J connectivity index is 0.00000211. The van der Waals surface area contributed by atoms with Crippen molar-refractivity contribution in [3.63, 3.8) is 0 Å². The van der Waals surface area contributed by atoms with Gasteiger partial charge in [0.1, 0.15) is 35.0 Å². The quantitative estimate of drug-likeness (QED) is 0.0531. The standard InChI is InChI=1S/C55H88FN11O8.2C4H10/c1-35(2)30-42(48(71)64-55(8,9)52(75)65-54(6,7)51(74)58-26-29-66-27-24-57-25-28-66)61-44(68)32-59-46(38-16-13-17-38)53(4,5)63-45(69)33-60-47(70)41(23-18-37-14-11-10-12-15-37)62-49(72)43-31-36(3)34-67(43)50(73)39-19-21-40(56)22-20-39;2*1-4(2)3/h19-22,35-37,41-43,57,59H,10-18,23-34H2,1-9H3,(H,58,74)(H,60,70)(H,61,68)(H,62,72)(H,63,69)(H,64,71)(H,65,75);2*4H,1-3H3/t36?,41-,42-,43-;;/m0../s1. The molecule has 0 spiro atoms. The summed E-state index contributed by atoms with van der Waals surface area (Å²) in [5.74, 6) is -2.24. The first-order valence-electron chi connectivity index (χ1n) is 30.9. The van der Waals surface area contributed by atoms with E-state index in [9.17, 15) is 42.7 Å². The van der Waals surface area contributed by atoms with Crippen molar-refractivity contribution < 1.29 is 42.7 Å². The minimum atomic E-state index is -1.45. The first kappa shape index (κ1) is 71.6. The van der Waals surface area contributed by atoms with Crippen LogP contribution in [0.3, 0.4) is 0 Å². The summed E-state index contributed by atoms with van der Waals surface area (Å²) in [6, 6.07) is 2.41. The number of hydrogen-bond donors (Lipinski definition) is 9. The smallest absolute Gasteiger partial charge is 0.254 e. The van der Waals surface area contributed by atoms with Crippen molar-refractivity contribution in [1.29, 1.82) is 0 Å². The zero-order valence-electron chi connectivity index (χ0n) is 53.3. The molecule has 20 heteroatoms. The summed E-state index contributed by atoms with van der Waals surface area (Å²) in [6.45, 7) is 33.1. The maximum absolute atomic E-state index is 14.0. The number of likely N-dealkylation sites (tertiary alicyclic amines) is 1. The second kappa shape index (κ2) is 34.4. The summed E-state index contributed by atoms with van der Waals surface area (Å²) in [4.78, 5) is 113. The van der Waals surface area contributed by atoms with Crippen LogP contribution in [0.25, 0.3) is 0 Å². The zero-order chi connectivity index (χ0) is 62.2. The Morgan fingerprint density at radius 1 is 0.663 bits per heavy atom. The van der Waals surface area contributed by atoms with Gasteiger partial charge in [-0.25, -0.2) is 4.39 Å². The van der Waals surface area contributed by atoms with Crippen LogP contribution < -0.4 is 47.9 Å². The summed E-state index contributed by atoms with van der Waals surface area (Å²) < 4.78 is 13.7. The lowest BCUT2D eigenvalue weighted by molar-refractivity contribution is -0.138. The van der Waals surface area contributed by atoms with Gasteiger partial charge in [0.2, 0.25) is 41.4 Å². The number of rotatable bonds is 25. The topological polar surface area (TPSA) is 251 Å². The Labute approximate surface area is 496 Å². The number of halogens is 1. The van der Waals surface area contributed by atoms with Crippen LogP contribution in [-0.2, 0) is 33.6 Å². The highest BCUT2D eigenvalue weighted by molar-refractivity contribution is 5.99. The van der Waals surface area contributed by atoms with Gasteiger partial charge in [0.15, 0.2) is 0 Å². The highest BCUT2D eigenvalue weighted by atomic mass is 19.1. The molecule has 470 valence electrons. The number of amides is 8. The number of allylic oxidation sites excluding steroid dienone is 1. The third-order valence-corrected chi connectivity index (χ3v) is 14.9. The van der Waals surface area contributed by atoms with Crippen LogP contribution in [0.1, 0.15) is 191 Å². The molecule has 4 atom stereocenters. The molecule has 4 fully saturated rings. The van der Waals surface area contributed by atoms with E-state index in [2.05, 4.69) is 94.3 Å². The lowest BCUT2D eigenvalue weighted by Gasteiger charge is -2.35. The summed E-state index contributed by atoms with van der Waals surface area (Å²) in [5, 5.41) is 26.5. The summed E-state index contributed by atoms with van der Waals surface area (Å²) in [5.41, 5.74) is -1.82. The first-order valence-corrected chi connectivity index (χ1v) is 30.9. The Morgan fingerprint density at radius 3 is 1.81 bits per heavy atom. The second-order valence-electron chi connectivity index (χ2n) is 26.8. The normalized spacial score (nSPS) is 18.4. The molecule has 2 heterocycles. The summed E-state index contributed by atoms with van der Waals surface area (Å²) >= 11 is 0. The van der Waals surface area contributed by atoms with E-state index < -0.39 is 81.9 Å². The molecule has 2 aliphatic heterocycles. The van der Waals surface area contributed by atoms with Gasteiger partial charge in [0, 0.05) is 57.1 Å². The fraction of sp³-hybridized carbons (Fsp3) is 0.746. The molecule has 2 aliphatic carbocycles. The molecular weight excluding hydrogens is 1060 g/mol. The summed E-state index contributed by atoms with van der Waals surface area (Å²) in [6.07, 6.45) is 9.64. The van der Waals surface area contributed by atoms with Crippen molar-refractivity contribution >= 4 is 47.3 Å². The fourth-order valence-corrected chi connectivity index (χ4v) is 10.4. The average molecular weight is 1170 g/mol. The molecule has 1 aromatic carbocycles. The van der Waals surface area contributed by atoms with E-state index in [0.717, 1.165) is 88.5 Å². The molecule has 4 aliphatic rings. The number of piperazine rings is 1. The van der Waals surface area contributed by atoms with Crippen molar-refractivity contribution in [2.75, 3.05) is 58.9 Å². The van der Waals surface area contributed by atoms with E-state index in [1.165, 1.54) is 49.4 Å². The molecule has 0 aromatic heterocycles. The number of benzene rings is 1. The van der Waals surface area contributed by atoms with E-state index in [1.807, 2.05) is 20.8 Å². The average Bonchev–Trinajstić information content (AvgIpc) is 4.10. The molecule has 5 rings (SSSR count). The van der Waals surface area contributed by atoms with Crippen LogP contribution in [0.15, 0.2) is 35.5 Å². The van der Waals surface area contributed by atoms with E-state index in [0.29, 0.717) is 50.5 Å². The molecule has 83 heavy (non-hydrogen) atoms. The number of nitrogens with one attached hydrogen (secondary N) is 9. The van der Waals surface area contributed by atoms with Crippen LogP contribution in [-0.4, -0.2) is 151 Å². The van der Waals surface area contributed by atoms with Gasteiger partial charge >= 0.3 is 0 Å². The molecule has 2 saturated carbocycles. The highest BCUT2D eigenvalue weighted by Gasteiger charge is 2.41. The van der Waals surface area contributed by atoms with E-state index in [1.54, 1.807) is 27.7 Å². The van der Waals surface area contributed by atoms with Gasteiger partial charge in [0.25, 0.3) is 5.91 Å². The monoisotopic (exact) mass is 1170 g/mol. The first-order chi connectivity index (χ1) is 38.8. The zero-order valence-corrected chi connectivity index (χ0v) is 53.3. The number of carbonyl (C=O) groups excluding carboxylic acids is 8. The van der Waals surface area contributed by atoms with Gasteiger partial charge in [-0.3, -0.25) is 43.3 Å². The van der Waals surface area contributed by atoms with Crippen LogP contribution in [0.4, 0.5) is 4.39 Å². The molecule has 1 unspecified atom stereocenters. The summed E-state index contributed by atoms with van der Waals surface area (Å²) in [7, 11) is 0. The van der Waals surface area contributed by atoms with Crippen molar-refractivity contribution in [3.05, 3.63) is 46.9 Å².